The maximum absolute atomic E-state index is 11.8. The van der Waals surface area contributed by atoms with Crippen LogP contribution in [0.15, 0.2) is 59.8 Å². The Labute approximate surface area is 181 Å². The summed E-state index contributed by atoms with van der Waals surface area (Å²) in [5.41, 5.74) is 1.80. The van der Waals surface area contributed by atoms with Gasteiger partial charge in [-0.25, -0.2) is 0 Å². The molecule has 1 aliphatic carbocycles. The molecule has 2 aromatic carbocycles. The summed E-state index contributed by atoms with van der Waals surface area (Å²) in [4.78, 5) is 0. The van der Waals surface area contributed by atoms with Crippen molar-refractivity contribution in [1.29, 1.82) is 0 Å². The lowest BCUT2D eigenvalue weighted by Crippen LogP contribution is -2.60. The third-order valence-electron chi connectivity index (χ3n) is 5.96. The van der Waals surface area contributed by atoms with Crippen molar-refractivity contribution >= 4 is 17.3 Å². The SMILES string of the molecule is COc1ccc(C(O)C2=C3NC(=S)NC(c4ccc(OC)cc4)C3(O)CCC2)cc1. The zero-order chi connectivity index (χ0) is 21.3. The summed E-state index contributed by atoms with van der Waals surface area (Å²) < 4.78 is 10.5. The summed E-state index contributed by atoms with van der Waals surface area (Å²) in [6, 6.07) is 14.5. The Bertz CT molecular complexity index is 958. The van der Waals surface area contributed by atoms with Crippen LogP contribution < -0.4 is 20.1 Å². The van der Waals surface area contributed by atoms with Crippen molar-refractivity contribution in [2.45, 2.75) is 37.0 Å². The average Bonchev–Trinajstić information content (AvgIpc) is 2.78. The van der Waals surface area contributed by atoms with Crippen molar-refractivity contribution in [1.82, 2.24) is 10.6 Å². The van der Waals surface area contributed by atoms with Crippen molar-refractivity contribution in [3.8, 4) is 11.5 Å². The minimum atomic E-state index is -1.21. The molecule has 2 aliphatic rings. The molecule has 2 aromatic rings. The lowest BCUT2D eigenvalue weighted by Gasteiger charge is -2.47. The molecule has 6 nitrogen and oxygen atoms in total. The molecule has 1 heterocycles. The number of rotatable bonds is 5. The fraction of sp³-hybridized carbons (Fsp3) is 0.348. The van der Waals surface area contributed by atoms with E-state index in [0.29, 0.717) is 23.7 Å². The lowest BCUT2D eigenvalue weighted by molar-refractivity contribution is 0.0111. The van der Waals surface area contributed by atoms with Crippen LogP contribution in [0, 0.1) is 0 Å². The van der Waals surface area contributed by atoms with Gasteiger partial charge >= 0.3 is 0 Å². The number of ether oxygens (including phenoxy) is 2. The molecule has 0 aromatic heterocycles. The van der Waals surface area contributed by atoms with Crippen LogP contribution in [0.5, 0.6) is 11.5 Å². The second kappa shape index (κ2) is 8.26. The van der Waals surface area contributed by atoms with Crippen molar-refractivity contribution in [3.05, 3.63) is 70.9 Å². The predicted molar refractivity (Wildman–Crippen MR) is 118 cm³/mol. The van der Waals surface area contributed by atoms with E-state index in [2.05, 4.69) is 10.6 Å². The Kier molecular flexibility index (Phi) is 5.69. The highest BCUT2D eigenvalue weighted by molar-refractivity contribution is 7.80. The van der Waals surface area contributed by atoms with Crippen molar-refractivity contribution < 1.29 is 19.7 Å². The van der Waals surface area contributed by atoms with E-state index in [1.165, 1.54) is 0 Å². The van der Waals surface area contributed by atoms with E-state index < -0.39 is 17.7 Å². The van der Waals surface area contributed by atoms with Crippen LogP contribution in [0.3, 0.4) is 0 Å². The second-order valence-corrected chi connectivity index (χ2v) is 8.07. The average molecular weight is 427 g/mol. The quantitative estimate of drug-likeness (QED) is 0.547. The minimum absolute atomic E-state index is 0.425. The molecule has 1 aliphatic heterocycles. The van der Waals surface area contributed by atoms with Crippen LogP contribution in [0.1, 0.15) is 42.5 Å². The van der Waals surface area contributed by atoms with E-state index in [9.17, 15) is 10.2 Å². The van der Waals surface area contributed by atoms with Crippen LogP contribution in [-0.4, -0.2) is 35.1 Å². The van der Waals surface area contributed by atoms with Gasteiger partial charge in [0.2, 0.25) is 0 Å². The number of hydrogen-bond acceptors (Lipinski definition) is 5. The Hall–Kier alpha value is -2.61. The molecule has 0 spiro atoms. The summed E-state index contributed by atoms with van der Waals surface area (Å²) >= 11 is 5.45. The van der Waals surface area contributed by atoms with E-state index >= 15 is 0 Å². The van der Waals surface area contributed by atoms with Gasteiger partial charge in [-0.1, -0.05) is 24.3 Å². The molecule has 4 N–H and O–H groups in total. The maximum atomic E-state index is 11.8. The highest BCUT2D eigenvalue weighted by Gasteiger charge is 2.48. The third kappa shape index (κ3) is 3.64. The number of benzene rings is 2. The molecular formula is C23H26N2O4S. The maximum Gasteiger partial charge on any atom is 0.171 e. The molecule has 0 saturated carbocycles. The Morgan fingerprint density at radius 1 is 1.03 bits per heavy atom. The van der Waals surface area contributed by atoms with E-state index in [1.807, 2.05) is 48.5 Å². The molecule has 1 fully saturated rings. The van der Waals surface area contributed by atoms with Crippen LogP contribution >= 0.6 is 12.2 Å². The highest BCUT2D eigenvalue weighted by atomic mass is 32.1. The summed E-state index contributed by atoms with van der Waals surface area (Å²) in [5.74, 6) is 1.47. The van der Waals surface area contributed by atoms with Crippen molar-refractivity contribution in [2.75, 3.05) is 14.2 Å². The minimum Gasteiger partial charge on any atom is -0.497 e. The lowest BCUT2D eigenvalue weighted by atomic mass is 9.73. The van der Waals surface area contributed by atoms with Gasteiger partial charge < -0.3 is 30.3 Å². The first-order valence-corrected chi connectivity index (χ1v) is 10.4. The topological polar surface area (TPSA) is 83.0 Å². The number of nitrogens with one attached hydrogen (secondary N) is 2. The Balaban J connectivity index is 1.74. The standard InChI is InChI=1S/C23H26N2O4S/c1-28-16-9-5-14(6-10-16)19(26)18-4-3-13-23(27)20(24-22(30)25-21(18)23)15-7-11-17(29-2)12-8-15/h5-12,19-20,26-27H,3-4,13H2,1-2H3,(H2,24,25,30). The molecule has 3 unspecified atom stereocenters. The summed E-state index contributed by atoms with van der Waals surface area (Å²) in [5, 5.41) is 29.7. The number of methoxy groups -OCH3 is 2. The van der Waals surface area contributed by atoms with Gasteiger partial charge in [-0.3, -0.25) is 0 Å². The van der Waals surface area contributed by atoms with Gasteiger partial charge in [-0.05, 0) is 72.4 Å². The third-order valence-corrected chi connectivity index (χ3v) is 6.18. The van der Waals surface area contributed by atoms with Crippen molar-refractivity contribution in [3.63, 3.8) is 0 Å². The molecule has 0 radical (unpaired) electrons. The molecule has 1 saturated heterocycles. The van der Waals surface area contributed by atoms with Gasteiger partial charge in [0.05, 0.1) is 26.0 Å². The number of aliphatic hydroxyl groups excluding tert-OH is 1. The van der Waals surface area contributed by atoms with Crippen LogP contribution in [0.2, 0.25) is 0 Å². The van der Waals surface area contributed by atoms with Crippen LogP contribution in [0.4, 0.5) is 0 Å². The van der Waals surface area contributed by atoms with Crippen LogP contribution in [-0.2, 0) is 0 Å². The van der Waals surface area contributed by atoms with Crippen molar-refractivity contribution in [2.24, 2.45) is 0 Å². The first-order valence-electron chi connectivity index (χ1n) is 9.95. The number of thiocarbonyl (C=S) groups is 1. The first-order chi connectivity index (χ1) is 14.5. The number of hydrogen-bond donors (Lipinski definition) is 4. The summed E-state index contributed by atoms with van der Waals surface area (Å²) in [7, 11) is 3.23. The van der Waals surface area contributed by atoms with E-state index in [0.717, 1.165) is 34.6 Å². The van der Waals surface area contributed by atoms with E-state index in [1.54, 1.807) is 14.2 Å². The molecule has 3 atom stereocenters. The van der Waals surface area contributed by atoms with Gasteiger partial charge in [-0.2, -0.15) is 0 Å². The molecule has 4 rings (SSSR count). The molecule has 7 heteroatoms. The smallest absolute Gasteiger partial charge is 0.171 e. The van der Waals surface area contributed by atoms with Gasteiger partial charge in [0.25, 0.3) is 0 Å². The monoisotopic (exact) mass is 426 g/mol. The zero-order valence-corrected chi connectivity index (χ0v) is 17.8. The molecule has 158 valence electrons. The van der Waals surface area contributed by atoms with Gasteiger partial charge in [0.1, 0.15) is 23.2 Å². The van der Waals surface area contributed by atoms with E-state index in [-0.39, 0.29) is 0 Å². The summed E-state index contributed by atoms with van der Waals surface area (Å²) in [6.45, 7) is 0. The number of aliphatic hydroxyl groups is 2. The fourth-order valence-corrected chi connectivity index (χ4v) is 4.59. The Morgan fingerprint density at radius 2 is 1.63 bits per heavy atom. The largest absolute Gasteiger partial charge is 0.497 e. The number of fused-ring (bicyclic) bond motifs is 1. The predicted octanol–water partition coefficient (Wildman–Crippen LogP) is 3.13. The van der Waals surface area contributed by atoms with E-state index in [4.69, 9.17) is 21.7 Å². The first kappa shape index (κ1) is 20.7. The second-order valence-electron chi connectivity index (χ2n) is 7.66. The van der Waals surface area contributed by atoms with Gasteiger partial charge in [-0.15, -0.1) is 0 Å². The molecule has 0 bridgehead atoms. The summed E-state index contributed by atoms with van der Waals surface area (Å²) in [6.07, 6.45) is 1.14. The van der Waals surface area contributed by atoms with Crippen LogP contribution in [0.25, 0.3) is 0 Å². The molecule has 0 amide bonds. The van der Waals surface area contributed by atoms with Gasteiger partial charge in [0.15, 0.2) is 5.11 Å². The Morgan fingerprint density at radius 3 is 2.23 bits per heavy atom. The van der Waals surface area contributed by atoms with Gasteiger partial charge in [0, 0.05) is 0 Å². The highest BCUT2D eigenvalue weighted by Crippen LogP contribution is 2.46. The zero-order valence-electron chi connectivity index (χ0n) is 17.0. The normalized spacial score (nSPS) is 24.4. The molecular weight excluding hydrogens is 400 g/mol. The fourth-order valence-electron chi connectivity index (χ4n) is 4.37. The molecule has 30 heavy (non-hydrogen) atoms.